The highest BCUT2D eigenvalue weighted by Gasteiger charge is 2.62. The van der Waals surface area contributed by atoms with Crippen LogP contribution in [0, 0.1) is 23.7 Å². The zero-order chi connectivity index (χ0) is 14.1. The van der Waals surface area contributed by atoms with Crippen molar-refractivity contribution in [3.05, 3.63) is 29.8 Å². The lowest BCUT2D eigenvalue weighted by Gasteiger charge is -2.09. The van der Waals surface area contributed by atoms with Gasteiger partial charge >= 0.3 is 0 Å². The molecule has 102 valence electrons. The minimum atomic E-state index is -3.44. The summed E-state index contributed by atoms with van der Waals surface area (Å²) in [6.45, 7) is 4.41. The first-order chi connectivity index (χ1) is 8.96. The molecule has 19 heavy (non-hydrogen) atoms. The SMILES string of the molecule is CCOC[C@@]1(C#N)C[C@H]1S(=O)(=O)c1ccc(C)cc1. The van der Waals surface area contributed by atoms with Crippen molar-refractivity contribution in [2.45, 2.75) is 30.4 Å². The second-order valence-electron chi connectivity index (χ2n) is 4.96. The highest BCUT2D eigenvalue weighted by Crippen LogP contribution is 2.52. The number of rotatable bonds is 5. The molecular weight excluding hydrogens is 262 g/mol. The third-order valence-corrected chi connectivity index (χ3v) is 5.81. The maximum Gasteiger partial charge on any atom is 0.182 e. The largest absolute Gasteiger partial charge is 0.380 e. The molecule has 4 nitrogen and oxygen atoms in total. The fourth-order valence-corrected chi connectivity index (χ4v) is 4.23. The Hall–Kier alpha value is -1.38. The van der Waals surface area contributed by atoms with Crippen LogP contribution in [0.5, 0.6) is 0 Å². The smallest absolute Gasteiger partial charge is 0.182 e. The molecule has 1 aromatic carbocycles. The lowest BCUT2D eigenvalue weighted by atomic mass is 10.1. The van der Waals surface area contributed by atoms with Crippen LogP contribution >= 0.6 is 0 Å². The van der Waals surface area contributed by atoms with E-state index in [0.29, 0.717) is 13.0 Å². The van der Waals surface area contributed by atoms with Crippen LogP contribution in [-0.4, -0.2) is 26.9 Å². The van der Waals surface area contributed by atoms with Gasteiger partial charge in [0.05, 0.1) is 28.2 Å². The fourth-order valence-electron chi connectivity index (χ4n) is 2.16. The third kappa shape index (κ3) is 2.51. The number of sulfone groups is 1. The van der Waals surface area contributed by atoms with E-state index < -0.39 is 20.5 Å². The molecule has 0 saturated heterocycles. The van der Waals surface area contributed by atoms with Crippen molar-refractivity contribution in [2.24, 2.45) is 5.41 Å². The van der Waals surface area contributed by atoms with E-state index in [4.69, 9.17) is 4.74 Å². The van der Waals surface area contributed by atoms with Gasteiger partial charge in [0.1, 0.15) is 0 Å². The Morgan fingerprint density at radius 3 is 2.58 bits per heavy atom. The number of ether oxygens (including phenoxy) is 1. The van der Waals surface area contributed by atoms with Crippen molar-refractivity contribution in [3.8, 4) is 6.07 Å². The lowest BCUT2D eigenvalue weighted by molar-refractivity contribution is 0.119. The predicted molar refractivity (Wildman–Crippen MR) is 71.3 cm³/mol. The molecule has 0 aliphatic heterocycles. The van der Waals surface area contributed by atoms with Gasteiger partial charge in [0.25, 0.3) is 0 Å². The summed E-state index contributed by atoms with van der Waals surface area (Å²) in [6.07, 6.45) is 0.361. The number of nitrogens with zero attached hydrogens (tertiary/aromatic N) is 1. The van der Waals surface area contributed by atoms with Gasteiger partial charge in [-0.1, -0.05) is 17.7 Å². The summed E-state index contributed by atoms with van der Waals surface area (Å²) in [5.74, 6) is 0. The quantitative estimate of drug-likeness (QED) is 0.827. The van der Waals surface area contributed by atoms with Crippen LogP contribution in [0.4, 0.5) is 0 Å². The van der Waals surface area contributed by atoms with Crippen molar-refractivity contribution in [2.75, 3.05) is 13.2 Å². The summed E-state index contributed by atoms with van der Waals surface area (Å²) in [6, 6.07) is 8.87. The molecule has 0 N–H and O–H groups in total. The van der Waals surface area contributed by atoms with E-state index in [0.717, 1.165) is 5.56 Å². The first kappa shape index (κ1) is 14.0. The van der Waals surface area contributed by atoms with Gasteiger partial charge in [0, 0.05) is 6.61 Å². The summed E-state index contributed by atoms with van der Waals surface area (Å²) in [4.78, 5) is 0.289. The van der Waals surface area contributed by atoms with Gasteiger partial charge in [-0.05, 0) is 32.4 Å². The second-order valence-corrected chi connectivity index (χ2v) is 7.09. The van der Waals surface area contributed by atoms with Crippen LogP contribution < -0.4 is 0 Å². The van der Waals surface area contributed by atoms with E-state index in [-0.39, 0.29) is 11.5 Å². The first-order valence-electron chi connectivity index (χ1n) is 6.26. The van der Waals surface area contributed by atoms with Crippen LogP contribution in [0.1, 0.15) is 18.9 Å². The van der Waals surface area contributed by atoms with E-state index in [1.165, 1.54) is 0 Å². The highest BCUT2D eigenvalue weighted by atomic mass is 32.2. The molecule has 0 aromatic heterocycles. The molecule has 0 amide bonds. The molecule has 1 aromatic rings. The van der Waals surface area contributed by atoms with Gasteiger partial charge in [0.2, 0.25) is 0 Å². The van der Waals surface area contributed by atoms with E-state index in [1.807, 2.05) is 13.8 Å². The molecular formula is C14H17NO3S. The zero-order valence-electron chi connectivity index (χ0n) is 11.1. The number of benzene rings is 1. The Kier molecular flexibility index (Phi) is 3.66. The summed E-state index contributed by atoms with van der Waals surface area (Å²) in [5.41, 5.74) is 0.148. The summed E-state index contributed by atoms with van der Waals surface area (Å²) in [5, 5.41) is 8.57. The van der Waals surface area contributed by atoms with Crippen LogP contribution in [0.3, 0.4) is 0 Å². The number of aryl methyl sites for hydroxylation is 1. The van der Waals surface area contributed by atoms with Crippen molar-refractivity contribution < 1.29 is 13.2 Å². The van der Waals surface area contributed by atoms with E-state index in [1.54, 1.807) is 24.3 Å². The molecule has 1 fully saturated rings. The second kappa shape index (κ2) is 4.95. The van der Waals surface area contributed by atoms with Crippen molar-refractivity contribution in [1.29, 1.82) is 5.26 Å². The maximum absolute atomic E-state index is 12.4. The van der Waals surface area contributed by atoms with Crippen LogP contribution in [0.15, 0.2) is 29.2 Å². The lowest BCUT2D eigenvalue weighted by Crippen LogP contribution is -2.19. The normalized spacial score (nSPS) is 25.8. The monoisotopic (exact) mass is 279 g/mol. The number of hydrogen-bond acceptors (Lipinski definition) is 4. The van der Waals surface area contributed by atoms with Crippen molar-refractivity contribution >= 4 is 9.84 Å². The Bertz CT molecular complexity index is 601. The van der Waals surface area contributed by atoms with E-state index in [2.05, 4.69) is 6.07 Å². The molecule has 2 atom stereocenters. The summed E-state index contributed by atoms with van der Waals surface area (Å²) < 4.78 is 30.1. The molecule has 0 unspecified atom stereocenters. The predicted octanol–water partition coefficient (Wildman–Crippen LogP) is 2.09. The Morgan fingerprint density at radius 2 is 2.05 bits per heavy atom. The molecule has 2 rings (SSSR count). The molecule has 1 aliphatic carbocycles. The number of nitriles is 1. The average Bonchev–Trinajstić information content (AvgIpc) is 3.13. The highest BCUT2D eigenvalue weighted by molar-refractivity contribution is 7.92. The third-order valence-electron chi connectivity index (χ3n) is 3.52. The molecule has 1 aliphatic rings. The summed E-state index contributed by atoms with van der Waals surface area (Å²) in [7, 11) is -3.44. The molecule has 1 saturated carbocycles. The fraction of sp³-hybridized carbons (Fsp3) is 0.500. The van der Waals surface area contributed by atoms with Crippen molar-refractivity contribution in [3.63, 3.8) is 0 Å². The van der Waals surface area contributed by atoms with Crippen LogP contribution in [0.25, 0.3) is 0 Å². The van der Waals surface area contributed by atoms with E-state index >= 15 is 0 Å². The van der Waals surface area contributed by atoms with Crippen molar-refractivity contribution in [1.82, 2.24) is 0 Å². The van der Waals surface area contributed by atoms with E-state index in [9.17, 15) is 13.7 Å². The Balaban J connectivity index is 2.23. The van der Waals surface area contributed by atoms with Gasteiger partial charge < -0.3 is 4.74 Å². The average molecular weight is 279 g/mol. The minimum absolute atomic E-state index is 0.190. The maximum atomic E-state index is 12.4. The topological polar surface area (TPSA) is 67.2 Å². The molecule has 0 spiro atoms. The van der Waals surface area contributed by atoms with Gasteiger partial charge in [-0.15, -0.1) is 0 Å². The first-order valence-corrected chi connectivity index (χ1v) is 7.80. The zero-order valence-corrected chi connectivity index (χ0v) is 11.9. The number of hydrogen-bond donors (Lipinski definition) is 0. The van der Waals surface area contributed by atoms with Gasteiger partial charge in [0.15, 0.2) is 9.84 Å². The molecule has 0 radical (unpaired) electrons. The molecule has 0 heterocycles. The van der Waals surface area contributed by atoms with Crippen LogP contribution in [0.2, 0.25) is 0 Å². The Labute approximate surface area is 113 Å². The minimum Gasteiger partial charge on any atom is -0.380 e. The van der Waals surface area contributed by atoms with Crippen LogP contribution in [-0.2, 0) is 14.6 Å². The molecule has 0 bridgehead atoms. The Morgan fingerprint density at radius 1 is 1.42 bits per heavy atom. The van der Waals surface area contributed by atoms with Gasteiger partial charge in [-0.25, -0.2) is 8.42 Å². The standard InChI is InChI=1S/C14H17NO3S/c1-3-18-10-14(9-15)8-13(14)19(16,17)12-6-4-11(2)5-7-12/h4-7,13H,3,8,10H2,1-2H3/t13-,14+/m1/s1. The summed E-state index contributed by atoms with van der Waals surface area (Å²) >= 11 is 0. The molecule has 5 heteroatoms. The van der Waals surface area contributed by atoms with Gasteiger partial charge in [-0.2, -0.15) is 5.26 Å². The van der Waals surface area contributed by atoms with Gasteiger partial charge in [-0.3, -0.25) is 0 Å².